The summed E-state index contributed by atoms with van der Waals surface area (Å²) in [5.74, 6) is -0.692. The van der Waals surface area contributed by atoms with Gasteiger partial charge in [-0.25, -0.2) is 9.37 Å². The van der Waals surface area contributed by atoms with E-state index >= 15 is 0 Å². The Balaban J connectivity index is 1.66. The molecular weight excluding hydrogens is 490 g/mol. The number of rotatable bonds is 5. The molecule has 0 aliphatic carbocycles. The first kappa shape index (κ1) is 23.4. The Morgan fingerprint density at radius 2 is 1.82 bits per heavy atom. The third kappa shape index (κ3) is 4.78. The predicted molar refractivity (Wildman–Crippen MR) is 121 cm³/mol. The van der Waals surface area contributed by atoms with Crippen molar-refractivity contribution in [1.82, 2.24) is 9.55 Å². The Kier molecular flexibility index (Phi) is 6.37. The van der Waals surface area contributed by atoms with Gasteiger partial charge in [0.15, 0.2) is 5.82 Å². The summed E-state index contributed by atoms with van der Waals surface area (Å²) < 4.78 is 53.3. The van der Waals surface area contributed by atoms with Gasteiger partial charge >= 0.3 is 6.18 Å². The lowest BCUT2D eigenvalue weighted by atomic mass is 10.1. The van der Waals surface area contributed by atoms with E-state index in [1.165, 1.54) is 34.9 Å². The van der Waals surface area contributed by atoms with E-state index in [1.54, 1.807) is 30.5 Å². The number of pyridine rings is 1. The molecule has 0 atom stereocenters. The summed E-state index contributed by atoms with van der Waals surface area (Å²) in [5.41, 5.74) is 0.0194. The number of hydrogen-bond donors (Lipinski definition) is 0. The highest BCUT2D eigenvalue weighted by molar-refractivity contribution is 7.15. The van der Waals surface area contributed by atoms with Crippen molar-refractivity contribution in [3.8, 4) is 11.9 Å². The van der Waals surface area contributed by atoms with Gasteiger partial charge in [-0.2, -0.15) is 18.4 Å². The summed E-state index contributed by atoms with van der Waals surface area (Å²) in [4.78, 5) is 17.4. The molecule has 0 unspecified atom stereocenters. The van der Waals surface area contributed by atoms with Crippen LogP contribution in [0.4, 0.5) is 17.6 Å². The third-order valence-corrected chi connectivity index (χ3v) is 6.17. The summed E-state index contributed by atoms with van der Waals surface area (Å²) >= 11 is 7.16. The number of nitrogens with zero attached hydrogens (tertiary/aromatic N) is 3. The van der Waals surface area contributed by atoms with Crippen molar-refractivity contribution in [2.24, 2.45) is 0 Å². The first-order valence-electron chi connectivity index (χ1n) is 9.60. The molecule has 0 saturated carbocycles. The number of hydrogen-bond acceptors (Lipinski definition) is 4. The lowest BCUT2D eigenvalue weighted by Crippen LogP contribution is -2.08. The van der Waals surface area contributed by atoms with Gasteiger partial charge in [-0.3, -0.25) is 4.79 Å². The molecule has 3 heterocycles. The molecule has 10 heteroatoms. The lowest BCUT2D eigenvalue weighted by molar-refractivity contribution is -0.137. The Morgan fingerprint density at radius 3 is 2.47 bits per heavy atom. The van der Waals surface area contributed by atoms with Gasteiger partial charge < -0.3 is 4.57 Å². The van der Waals surface area contributed by atoms with Gasteiger partial charge in [-0.1, -0.05) is 11.6 Å². The van der Waals surface area contributed by atoms with E-state index in [1.807, 2.05) is 0 Å². The normalized spacial score (nSPS) is 11.9. The van der Waals surface area contributed by atoms with E-state index in [4.69, 9.17) is 11.6 Å². The summed E-state index contributed by atoms with van der Waals surface area (Å²) in [5, 5.41) is 9.50. The van der Waals surface area contributed by atoms with E-state index in [0.717, 1.165) is 17.4 Å². The van der Waals surface area contributed by atoms with E-state index in [0.29, 0.717) is 27.2 Å². The van der Waals surface area contributed by atoms with Gasteiger partial charge in [0, 0.05) is 28.5 Å². The lowest BCUT2D eigenvalue weighted by Gasteiger charge is -2.11. The molecule has 170 valence electrons. The Labute approximate surface area is 200 Å². The minimum Gasteiger partial charge on any atom is -0.301 e. The number of ketones is 1. The van der Waals surface area contributed by atoms with E-state index in [9.17, 15) is 27.6 Å². The van der Waals surface area contributed by atoms with Crippen molar-refractivity contribution < 1.29 is 22.4 Å². The molecule has 3 aromatic heterocycles. The zero-order valence-corrected chi connectivity index (χ0v) is 18.5. The zero-order chi connectivity index (χ0) is 24.5. The van der Waals surface area contributed by atoms with Crippen molar-refractivity contribution in [1.29, 1.82) is 5.26 Å². The number of alkyl halides is 3. The molecule has 0 aliphatic heterocycles. The third-order valence-electron chi connectivity index (χ3n) is 4.77. The minimum atomic E-state index is -4.58. The van der Waals surface area contributed by atoms with Crippen LogP contribution < -0.4 is 0 Å². The average Bonchev–Trinajstić information content (AvgIpc) is 3.46. The number of thiophene rings is 1. The fourth-order valence-corrected chi connectivity index (χ4v) is 4.31. The topological polar surface area (TPSA) is 58.7 Å². The maximum absolute atomic E-state index is 13.1. The zero-order valence-electron chi connectivity index (χ0n) is 17.0. The average molecular weight is 502 g/mol. The molecule has 0 fully saturated rings. The van der Waals surface area contributed by atoms with Crippen LogP contribution in [0.1, 0.15) is 31.4 Å². The molecule has 4 aromatic rings. The molecule has 0 amide bonds. The highest BCUT2D eigenvalue weighted by atomic mass is 35.5. The van der Waals surface area contributed by atoms with E-state index in [-0.39, 0.29) is 22.2 Å². The van der Waals surface area contributed by atoms with Gasteiger partial charge in [0.2, 0.25) is 5.78 Å². The molecule has 0 aliphatic rings. The van der Waals surface area contributed by atoms with Crippen molar-refractivity contribution >= 4 is 40.4 Å². The molecule has 0 bridgehead atoms. The second kappa shape index (κ2) is 9.25. The first-order valence-corrected chi connectivity index (χ1v) is 10.8. The quantitative estimate of drug-likeness (QED) is 0.167. The van der Waals surface area contributed by atoms with Crippen LogP contribution in [-0.4, -0.2) is 15.3 Å². The summed E-state index contributed by atoms with van der Waals surface area (Å²) in [6.07, 6.45) is -0.814. The van der Waals surface area contributed by atoms with E-state index in [2.05, 4.69) is 11.1 Å². The molecule has 4 rings (SSSR count). The molecule has 34 heavy (non-hydrogen) atoms. The highest BCUT2D eigenvalue weighted by Gasteiger charge is 2.31. The van der Waals surface area contributed by atoms with Gasteiger partial charge in [-0.05, 0) is 60.7 Å². The van der Waals surface area contributed by atoms with Crippen LogP contribution in [0.15, 0.2) is 67.0 Å². The van der Waals surface area contributed by atoms with Crippen LogP contribution in [-0.2, 0) is 6.18 Å². The second-order valence-corrected chi connectivity index (χ2v) is 8.49. The van der Waals surface area contributed by atoms with Crippen molar-refractivity contribution in [3.63, 3.8) is 0 Å². The van der Waals surface area contributed by atoms with Crippen LogP contribution in [0.3, 0.4) is 0 Å². The number of carbonyl (C=O) groups is 1. The molecule has 0 radical (unpaired) electrons. The fourth-order valence-electron chi connectivity index (χ4n) is 3.12. The SMILES string of the molecule is N#C/C(=C/c1cccn1-c1ncc(C(F)(F)F)cc1Cl)c1ccc(C(=O)c2ccc(F)cc2)s1. The number of carbonyl (C=O) groups excluding carboxylic acids is 1. The van der Waals surface area contributed by atoms with Crippen LogP contribution in [0, 0.1) is 17.1 Å². The number of halogens is 5. The smallest absolute Gasteiger partial charge is 0.301 e. The molecule has 0 saturated heterocycles. The van der Waals surface area contributed by atoms with Gasteiger partial charge in [0.1, 0.15) is 11.9 Å². The fraction of sp³-hybridized carbons (Fsp3) is 0.0417. The molecular formula is C24H12ClF4N3OS. The largest absolute Gasteiger partial charge is 0.417 e. The highest BCUT2D eigenvalue weighted by Crippen LogP contribution is 2.33. The molecule has 1 aromatic carbocycles. The number of nitriles is 1. The summed E-state index contributed by atoms with van der Waals surface area (Å²) in [7, 11) is 0. The molecule has 4 nitrogen and oxygen atoms in total. The predicted octanol–water partition coefficient (Wildman–Crippen LogP) is 7.04. The van der Waals surface area contributed by atoms with Crippen molar-refractivity contribution in [3.05, 3.63) is 104 Å². The van der Waals surface area contributed by atoms with Crippen LogP contribution in [0.5, 0.6) is 0 Å². The van der Waals surface area contributed by atoms with Crippen molar-refractivity contribution in [2.75, 3.05) is 0 Å². The molecule has 0 N–H and O–H groups in total. The second-order valence-electron chi connectivity index (χ2n) is 7.00. The Bertz CT molecular complexity index is 1450. The molecule has 0 spiro atoms. The van der Waals surface area contributed by atoms with Gasteiger partial charge in [0.25, 0.3) is 0 Å². The minimum absolute atomic E-state index is 0.0709. The summed E-state index contributed by atoms with van der Waals surface area (Å²) in [6, 6.07) is 14.5. The maximum atomic E-state index is 13.1. The van der Waals surface area contributed by atoms with Crippen LogP contribution in [0.2, 0.25) is 5.02 Å². The van der Waals surface area contributed by atoms with Gasteiger partial charge in [0.05, 0.1) is 21.0 Å². The monoisotopic (exact) mass is 501 g/mol. The Hall–Kier alpha value is -3.74. The Morgan fingerprint density at radius 1 is 1.12 bits per heavy atom. The number of allylic oxidation sites excluding steroid dienone is 1. The van der Waals surface area contributed by atoms with Crippen molar-refractivity contribution in [2.45, 2.75) is 6.18 Å². The summed E-state index contributed by atoms with van der Waals surface area (Å²) in [6.45, 7) is 0. The number of aromatic nitrogens is 2. The maximum Gasteiger partial charge on any atom is 0.417 e. The van der Waals surface area contributed by atoms with E-state index < -0.39 is 17.6 Å². The first-order chi connectivity index (χ1) is 16.2. The van der Waals surface area contributed by atoms with Crippen LogP contribution in [0.25, 0.3) is 17.5 Å². The van der Waals surface area contributed by atoms with Gasteiger partial charge in [-0.15, -0.1) is 11.3 Å². The number of benzene rings is 1. The van der Waals surface area contributed by atoms with Crippen LogP contribution >= 0.6 is 22.9 Å². The standard InChI is InChI=1S/C24H12ClF4N3OS/c25-19-11-16(24(27,28)29)13-31-23(19)32-9-1-2-18(32)10-15(12-30)20-7-8-21(34-20)22(33)14-3-5-17(26)6-4-14/h1-11,13H/b15-10-.